The minimum atomic E-state index is 0.830. The number of pyridine rings is 1. The van der Waals surface area contributed by atoms with Crippen LogP contribution in [0.3, 0.4) is 0 Å². The fourth-order valence-corrected chi connectivity index (χ4v) is 2.93. The van der Waals surface area contributed by atoms with Gasteiger partial charge in [-0.3, -0.25) is 4.90 Å². The van der Waals surface area contributed by atoms with Crippen molar-refractivity contribution < 1.29 is 0 Å². The fraction of sp³-hybridized carbons (Fsp3) is 0.688. The van der Waals surface area contributed by atoms with Gasteiger partial charge in [-0.2, -0.15) is 0 Å². The minimum absolute atomic E-state index is 0.830. The molecule has 0 spiro atoms. The lowest BCUT2D eigenvalue weighted by Gasteiger charge is -2.21. The number of nitrogens with one attached hydrogen (secondary N) is 1. The molecule has 1 saturated heterocycles. The quantitative estimate of drug-likeness (QED) is 0.900. The Balaban J connectivity index is 1.88. The molecule has 1 aliphatic rings. The molecule has 1 atom stereocenters. The molecule has 1 aromatic rings. The highest BCUT2D eigenvalue weighted by Gasteiger charge is 2.19. The van der Waals surface area contributed by atoms with E-state index in [-0.39, 0.29) is 0 Å². The van der Waals surface area contributed by atoms with Gasteiger partial charge in [-0.1, -0.05) is 19.9 Å². The van der Waals surface area contributed by atoms with Crippen LogP contribution in [0.4, 0.5) is 5.82 Å². The van der Waals surface area contributed by atoms with Gasteiger partial charge in [-0.15, -0.1) is 0 Å². The average Bonchev–Trinajstić information content (AvgIpc) is 2.65. The van der Waals surface area contributed by atoms with Crippen molar-refractivity contribution in [2.75, 3.05) is 25.5 Å². The molecular weight excluding hydrogens is 234 g/mol. The van der Waals surface area contributed by atoms with Gasteiger partial charge in [0.2, 0.25) is 0 Å². The summed E-state index contributed by atoms with van der Waals surface area (Å²) in [5.74, 6) is 2.69. The first-order valence-corrected chi connectivity index (χ1v) is 7.54. The molecule has 1 aromatic heterocycles. The fourth-order valence-electron chi connectivity index (χ4n) is 2.93. The highest BCUT2D eigenvalue weighted by molar-refractivity contribution is 5.34. The maximum absolute atomic E-state index is 4.39. The van der Waals surface area contributed by atoms with Gasteiger partial charge in [0.15, 0.2) is 0 Å². The molecule has 3 nitrogen and oxygen atoms in total. The van der Waals surface area contributed by atoms with Gasteiger partial charge >= 0.3 is 0 Å². The molecule has 0 aromatic carbocycles. The van der Waals surface area contributed by atoms with E-state index in [2.05, 4.69) is 41.2 Å². The third kappa shape index (κ3) is 4.20. The number of likely N-dealkylation sites (tertiary alicyclic amines) is 1. The van der Waals surface area contributed by atoms with Crippen LogP contribution in [0, 0.1) is 11.8 Å². The van der Waals surface area contributed by atoms with Crippen LogP contribution >= 0.6 is 0 Å². The zero-order valence-electron chi connectivity index (χ0n) is 12.5. The first kappa shape index (κ1) is 14.3. The molecule has 1 unspecified atom stereocenters. The Bertz CT molecular complexity index is 372. The normalized spacial score (nSPS) is 21.4. The molecule has 1 aliphatic heterocycles. The second kappa shape index (κ2) is 6.90. The summed E-state index contributed by atoms with van der Waals surface area (Å²) in [7, 11) is 1.91. The SMILES string of the molecule is CNc1ccc(CN2CCCC(C(C)C)CC2)cn1. The monoisotopic (exact) mass is 261 g/mol. The van der Waals surface area contributed by atoms with E-state index in [1.807, 2.05) is 13.2 Å². The number of hydrogen-bond donors (Lipinski definition) is 1. The summed E-state index contributed by atoms with van der Waals surface area (Å²) in [6.45, 7) is 8.23. The largest absolute Gasteiger partial charge is 0.373 e. The molecule has 2 rings (SSSR count). The molecule has 19 heavy (non-hydrogen) atoms. The first-order valence-electron chi connectivity index (χ1n) is 7.54. The lowest BCUT2D eigenvalue weighted by Crippen LogP contribution is -2.24. The van der Waals surface area contributed by atoms with E-state index < -0.39 is 0 Å². The highest BCUT2D eigenvalue weighted by Crippen LogP contribution is 2.25. The van der Waals surface area contributed by atoms with Crippen molar-refractivity contribution in [1.82, 2.24) is 9.88 Å². The van der Waals surface area contributed by atoms with Crippen molar-refractivity contribution in [3.63, 3.8) is 0 Å². The smallest absolute Gasteiger partial charge is 0.125 e. The van der Waals surface area contributed by atoms with Crippen molar-refractivity contribution in [3.8, 4) is 0 Å². The summed E-state index contributed by atoms with van der Waals surface area (Å²) >= 11 is 0. The predicted octanol–water partition coefficient (Wildman–Crippen LogP) is 3.38. The summed E-state index contributed by atoms with van der Waals surface area (Å²) in [5, 5.41) is 3.06. The molecule has 106 valence electrons. The molecule has 0 bridgehead atoms. The van der Waals surface area contributed by atoms with Crippen LogP contribution in [0.25, 0.3) is 0 Å². The Labute approximate surface area is 117 Å². The Morgan fingerprint density at radius 1 is 1.32 bits per heavy atom. The highest BCUT2D eigenvalue weighted by atomic mass is 15.1. The molecule has 0 radical (unpaired) electrons. The number of nitrogens with zero attached hydrogens (tertiary/aromatic N) is 2. The van der Waals surface area contributed by atoms with Crippen molar-refractivity contribution >= 4 is 5.82 Å². The molecule has 2 heterocycles. The van der Waals surface area contributed by atoms with E-state index in [0.717, 1.165) is 24.2 Å². The van der Waals surface area contributed by atoms with E-state index in [0.29, 0.717) is 0 Å². The van der Waals surface area contributed by atoms with Gasteiger partial charge in [-0.25, -0.2) is 4.98 Å². The number of anilines is 1. The van der Waals surface area contributed by atoms with Crippen LogP contribution in [0.5, 0.6) is 0 Å². The van der Waals surface area contributed by atoms with Crippen molar-refractivity contribution in [3.05, 3.63) is 23.9 Å². The molecule has 0 amide bonds. The Morgan fingerprint density at radius 2 is 2.16 bits per heavy atom. The molecule has 1 fully saturated rings. The van der Waals surface area contributed by atoms with Crippen LogP contribution in [-0.4, -0.2) is 30.0 Å². The summed E-state index contributed by atoms with van der Waals surface area (Å²) in [6.07, 6.45) is 6.08. The number of rotatable bonds is 4. The zero-order chi connectivity index (χ0) is 13.7. The van der Waals surface area contributed by atoms with Crippen molar-refractivity contribution in [2.24, 2.45) is 11.8 Å². The zero-order valence-corrected chi connectivity index (χ0v) is 12.5. The lowest BCUT2D eigenvalue weighted by molar-refractivity contribution is 0.264. The van der Waals surface area contributed by atoms with Crippen LogP contribution in [0.1, 0.15) is 38.7 Å². The van der Waals surface area contributed by atoms with E-state index in [4.69, 9.17) is 0 Å². The second-order valence-electron chi connectivity index (χ2n) is 6.01. The van der Waals surface area contributed by atoms with Crippen LogP contribution in [-0.2, 0) is 6.54 Å². The standard InChI is InChI=1S/C16H27N3/c1-13(2)15-5-4-9-19(10-8-15)12-14-6-7-16(17-3)18-11-14/h6-7,11,13,15H,4-5,8-10,12H2,1-3H3,(H,17,18). The number of hydrogen-bond acceptors (Lipinski definition) is 3. The van der Waals surface area contributed by atoms with Crippen LogP contribution in [0.15, 0.2) is 18.3 Å². The minimum Gasteiger partial charge on any atom is -0.373 e. The molecule has 3 heteroatoms. The molecular formula is C16H27N3. The Kier molecular flexibility index (Phi) is 5.20. The topological polar surface area (TPSA) is 28.2 Å². The molecule has 1 N–H and O–H groups in total. The van der Waals surface area contributed by atoms with E-state index in [1.165, 1.54) is 37.9 Å². The van der Waals surface area contributed by atoms with Crippen molar-refractivity contribution in [2.45, 2.75) is 39.7 Å². The van der Waals surface area contributed by atoms with Crippen LogP contribution in [0.2, 0.25) is 0 Å². The predicted molar refractivity (Wildman–Crippen MR) is 81.2 cm³/mol. The second-order valence-corrected chi connectivity index (χ2v) is 6.01. The summed E-state index contributed by atoms with van der Waals surface area (Å²) in [5.41, 5.74) is 1.32. The third-order valence-electron chi connectivity index (χ3n) is 4.30. The Hall–Kier alpha value is -1.09. The van der Waals surface area contributed by atoms with Crippen molar-refractivity contribution in [1.29, 1.82) is 0 Å². The Morgan fingerprint density at radius 3 is 2.79 bits per heavy atom. The summed E-state index contributed by atoms with van der Waals surface area (Å²) in [6, 6.07) is 4.24. The van der Waals surface area contributed by atoms with Gasteiger partial charge in [0.05, 0.1) is 0 Å². The van der Waals surface area contributed by atoms with Gasteiger partial charge in [-0.05, 0) is 55.8 Å². The lowest BCUT2D eigenvalue weighted by atomic mass is 9.89. The summed E-state index contributed by atoms with van der Waals surface area (Å²) < 4.78 is 0. The van der Waals surface area contributed by atoms with Gasteiger partial charge in [0.1, 0.15) is 5.82 Å². The van der Waals surface area contributed by atoms with Gasteiger partial charge < -0.3 is 5.32 Å². The van der Waals surface area contributed by atoms with Gasteiger partial charge in [0.25, 0.3) is 0 Å². The maximum atomic E-state index is 4.39. The average molecular weight is 261 g/mol. The first-order chi connectivity index (χ1) is 9.19. The molecule has 0 aliphatic carbocycles. The summed E-state index contributed by atoms with van der Waals surface area (Å²) in [4.78, 5) is 6.97. The number of aromatic nitrogens is 1. The maximum Gasteiger partial charge on any atom is 0.125 e. The van der Waals surface area contributed by atoms with E-state index in [1.54, 1.807) is 0 Å². The van der Waals surface area contributed by atoms with Gasteiger partial charge in [0, 0.05) is 19.8 Å². The van der Waals surface area contributed by atoms with Crippen LogP contribution < -0.4 is 5.32 Å². The van der Waals surface area contributed by atoms with E-state index >= 15 is 0 Å². The third-order valence-corrected chi connectivity index (χ3v) is 4.30. The van der Waals surface area contributed by atoms with E-state index in [9.17, 15) is 0 Å². The molecule has 0 saturated carbocycles.